The molecule has 496 valence electrons. The van der Waals surface area contributed by atoms with Gasteiger partial charge in [-0.1, -0.05) is 238 Å². The van der Waals surface area contributed by atoms with Crippen molar-refractivity contribution in [3.8, 4) is 0 Å². The minimum atomic E-state index is -1.97. The van der Waals surface area contributed by atoms with Gasteiger partial charge < -0.3 is 89.9 Å². The van der Waals surface area contributed by atoms with Crippen LogP contribution in [0.3, 0.4) is 0 Å². The summed E-state index contributed by atoms with van der Waals surface area (Å²) in [6.07, 6.45) is 24.8. The van der Waals surface area contributed by atoms with Gasteiger partial charge in [-0.2, -0.15) is 0 Å². The average Bonchev–Trinajstić information content (AvgIpc) is 3.70. The van der Waals surface area contributed by atoms with Crippen LogP contribution in [0.4, 0.5) is 0 Å². The lowest BCUT2D eigenvalue weighted by molar-refractivity contribution is -0.379. The maximum Gasteiger partial charge on any atom is 0.220 e. The zero-order valence-electron chi connectivity index (χ0n) is 52.2. The number of allylic oxidation sites excluding steroid dienone is 2. The monoisotopic (exact) mass is 1210 g/mol. The number of carbonyl (C=O) groups excluding carboxylic acids is 1. The highest BCUT2D eigenvalue weighted by Gasteiger charge is 2.53. The Balaban J connectivity index is 1.37. The molecule has 3 heterocycles. The van der Waals surface area contributed by atoms with Crippen molar-refractivity contribution in [2.45, 2.75) is 369 Å². The first-order chi connectivity index (χ1) is 40.8. The SMILES string of the molecule is CCC/C=C\CCCCCCCC(=O)NC(COC1OC(CO)C(OC2OC(CO)C(OC3OC(CO)C(O)C(O)C3O)C(O)C2O)C(O)C1O)C(O)CCCCCCCCCCCCCCCCCCCCCCCCCCCCCCC. The number of rotatable bonds is 52. The molecule has 17 atom stereocenters. The molecule has 0 spiro atoms. The van der Waals surface area contributed by atoms with Crippen LogP contribution in [-0.2, 0) is 33.2 Å². The van der Waals surface area contributed by atoms with Crippen LogP contribution in [0.1, 0.15) is 264 Å². The van der Waals surface area contributed by atoms with E-state index in [1.165, 1.54) is 161 Å². The molecular weight excluding hydrogens is 1080 g/mol. The summed E-state index contributed by atoms with van der Waals surface area (Å²) in [5.41, 5.74) is 0. The van der Waals surface area contributed by atoms with Gasteiger partial charge >= 0.3 is 0 Å². The number of aliphatic hydroxyl groups is 11. The summed E-state index contributed by atoms with van der Waals surface area (Å²) in [5.74, 6) is -0.252. The van der Waals surface area contributed by atoms with Crippen LogP contribution >= 0.6 is 0 Å². The van der Waals surface area contributed by atoms with Crippen LogP contribution in [0, 0.1) is 0 Å². The van der Waals surface area contributed by atoms with Crippen molar-refractivity contribution >= 4 is 5.91 Å². The van der Waals surface area contributed by atoms with Gasteiger partial charge in [0.1, 0.15) is 73.2 Å². The van der Waals surface area contributed by atoms with Crippen molar-refractivity contribution in [3.63, 3.8) is 0 Å². The molecule has 3 aliphatic rings. The normalized spacial score (nSPS) is 29.2. The van der Waals surface area contributed by atoms with E-state index in [0.717, 1.165) is 70.6 Å². The first-order valence-electron chi connectivity index (χ1n) is 33.9. The molecule has 0 radical (unpaired) electrons. The molecule has 19 nitrogen and oxygen atoms in total. The molecule has 19 heteroatoms. The number of carbonyl (C=O) groups is 1. The first kappa shape index (κ1) is 76.8. The maximum atomic E-state index is 13.3. The lowest BCUT2D eigenvalue weighted by Gasteiger charge is -2.48. The predicted molar refractivity (Wildman–Crippen MR) is 323 cm³/mol. The van der Waals surface area contributed by atoms with Gasteiger partial charge in [-0.25, -0.2) is 0 Å². The van der Waals surface area contributed by atoms with E-state index in [-0.39, 0.29) is 18.9 Å². The Bertz CT molecular complexity index is 1580. The molecule has 12 N–H and O–H groups in total. The van der Waals surface area contributed by atoms with Gasteiger partial charge in [0.15, 0.2) is 18.9 Å². The second-order valence-corrected chi connectivity index (χ2v) is 24.6. The van der Waals surface area contributed by atoms with E-state index in [1.54, 1.807) is 0 Å². The Morgan fingerprint density at radius 1 is 0.417 bits per heavy atom. The average molecular weight is 1210 g/mol. The van der Waals surface area contributed by atoms with Crippen molar-refractivity contribution in [1.29, 1.82) is 0 Å². The summed E-state index contributed by atoms with van der Waals surface area (Å²) in [4.78, 5) is 13.3. The van der Waals surface area contributed by atoms with Crippen molar-refractivity contribution in [1.82, 2.24) is 5.32 Å². The number of hydrogen-bond acceptors (Lipinski definition) is 18. The summed E-state index contributed by atoms with van der Waals surface area (Å²) in [5, 5.41) is 120. The third-order valence-corrected chi connectivity index (χ3v) is 17.3. The van der Waals surface area contributed by atoms with Crippen LogP contribution in [-0.4, -0.2) is 193 Å². The molecule has 3 saturated heterocycles. The smallest absolute Gasteiger partial charge is 0.220 e. The lowest BCUT2D eigenvalue weighted by Crippen LogP contribution is -2.66. The molecule has 17 unspecified atom stereocenters. The Labute approximate surface area is 506 Å². The van der Waals surface area contributed by atoms with E-state index in [1.807, 2.05) is 0 Å². The standard InChI is InChI=1S/C65H123NO18/c1-3-5-7-9-11-13-15-16-17-18-19-20-21-22-23-24-25-26-27-28-29-30-31-32-33-34-36-38-40-42-49(70)48(66-53(71)43-41-39-37-35-14-12-10-8-6-4-2)47-79-63-59(77)56(74)61(51(45-68)81-63)84-65-60(78)57(75)62(52(46-69)82-65)83-64-58(76)55(73)54(72)50(44-67)80-64/h8,10,48-52,54-65,67-70,72-78H,3-7,9,11-47H2,1-2H3,(H,66,71)/b10-8-. The molecule has 0 aliphatic carbocycles. The highest BCUT2D eigenvalue weighted by atomic mass is 16.8. The first-order valence-corrected chi connectivity index (χ1v) is 33.9. The van der Waals surface area contributed by atoms with E-state index in [9.17, 15) is 61.0 Å². The van der Waals surface area contributed by atoms with Gasteiger partial charge in [0, 0.05) is 6.42 Å². The Morgan fingerprint density at radius 3 is 1.20 bits per heavy atom. The van der Waals surface area contributed by atoms with Crippen molar-refractivity contribution in [2.75, 3.05) is 26.4 Å². The predicted octanol–water partition coefficient (Wildman–Crippen LogP) is 8.11. The molecule has 0 aromatic heterocycles. The minimum absolute atomic E-state index is 0.252. The lowest BCUT2D eigenvalue weighted by atomic mass is 9.96. The van der Waals surface area contributed by atoms with Gasteiger partial charge in [0.25, 0.3) is 0 Å². The molecule has 84 heavy (non-hydrogen) atoms. The molecular formula is C65H123NO18. The summed E-state index contributed by atoms with van der Waals surface area (Å²) >= 11 is 0. The summed E-state index contributed by atoms with van der Waals surface area (Å²) in [6, 6.07) is -0.887. The summed E-state index contributed by atoms with van der Waals surface area (Å²) in [6.45, 7) is 1.74. The van der Waals surface area contributed by atoms with Crippen molar-refractivity contribution in [2.24, 2.45) is 0 Å². The van der Waals surface area contributed by atoms with E-state index in [0.29, 0.717) is 12.8 Å². The molecule has 0 aromatic rings. The minimum Gasteiger partial charge on any atom is -0.394 e. The third-order valence-electron chi connectivity index (χ3n) is 17.3. The van der Waals surface area contributed by atoms with Gasteiger partial charge in [-0.05, 0) is 32.1 Å². The van der Waals surface area contributed by atoms with Gasteiger partial charge in [-0.15, -0.1) is 0 Å². The number of unbranched alkanes of at least 4 members (excludes halogenated alkanes) is 34. The van der Waals surface area contributed by atoms with Gasteiger partial charge in [-0.3, -0.25) is 4.79 Å². The number of aliphatic hydroxyl groups excluding tert-OH is 11. The van der Waals surface area contributed by atoms with Crippen LogP contribution in [0.5, 0.6) is 0 Å². The van der Waals surface area contributed by atoms with Crippen LogP contribution in [0.15, 0.2) is 12.2 Å². The van der Waals surface area contributed by atoms with Crippen molar-refractivity contribution < 1.29 is 89.4 Å². The number of ether oxygens (including phenoxy) is 6. The topological polar surface area (TPSA) is 307 Å². The molecule has 1 amide bonds. The zero-order chi connectivity index (χ0) is 61.2. The fourth-order valence-corrected chi connectivity index (χ4v) is 11.8. The summed E-state index contributed by atoms with van der Waals surface area (Å²) in [7, 11) is 0. The third kappa shape index (κ3) is 30.8. The fourth-order valence-electron chi connectivity index (χ4n) is 11.8. The molecule has 3 rings (SSSR count). The second kappa shape index (κ2) is 48.4. The quantitative estimate of drug-likeness (QED) is 0.0202. The van der Waals surface area contributed by atoms with Crippen LogP contribution in [0.25, 0.3) is 0 Å². The largest absolute Gasteiger partial charge is 0.394 e. The Kier molecular flexibility index (Phi) is 44.2. The number of amides is 1. The van der Waals surface area contributed by atoms with Gasteiger partial charge in [0.2, 0.25) is 5.91 Å². The van der Waals surface area contributed by atoms with Crippen molar-refractivity contribution in [3.05, 3.63) is 12.2 Å². The molecule has 3 fully saturated rings. The maximum absolute atomic E-state index is 13.3. The van der Waals surface area contributed by atoms with E-state index in [4.69, 9.17) is 28.4 Å². The summed E-state index contributed by atoms with van der Waals surface area (Å²) < 4.78 is 34.3. The zero-order valence-corrected chi connectivity index (χ0v) is 52.2. The van der Waals surface area contributed by atoms with Crippen LogP contribution < -0.4 is 5.32 Å². The van der Waals surface area contributed by atoms with E-state index >= 15 is 0 Å². The van der Waals surface area contributed by atoms with Crippen LogP contribution in [0.2, 0.25) is 0 Å². The molecule has 3 aliphatic heterocycles. The fraction of sp³-hybridized carbons (Fsp3) is 0.954. The number of hydrogen-bond donors (Lipinski definition) is 12. The highest BCUT2D eigenvalue weighted by molar-refractivity contribution is 5.76. The second-order valence-electron chi connectivity index (χ2n) is 24.6. The highest BCUT2D eigenvalue weighted by Crippen LogP contribution is 2.33. The Hall–Kier alpha value is -1.47. The van der Waals surface area contributed by atoms with E-state index in [2.05, 4.69) is 31.3 Å². The van der Waals surface area contributed by atoms with E-state index < -0.39 is 124 Å². The molecule has 0 saturated carbocycles. The Morgan fingerprint density at radius 2 is 0.774 bits per heavy atom. The number of nitrogens with one attached hydrogen (secondary N) is 1. The molecule has 0 bridgehead atoms. The van der Waals surface area contributed by atoms with Gasteiger partial charge in [0.05, 0.1) is 38.6 Å². The molecule has 0 aromatic carbocycles.